The van der Waals surface area contributed by atoms with Crippen molar-refractivity contribution in [3.05, 3.63) is 83.2 Å². The maximum Gasteiger partial charge on any atom is 0.240 e. The summed E-state index contributed by atoms with van der Waals surface area (Å²) in [6.07, 6.45) is 3.70. The summed E-state index contributed by atoms with van der Waals surface area (Å²) in [6.45, 7) is 4.88. The van der Waals surface area contributed by atoms with Crippen LogP contribution in [0.2, 0.25) is 0 Å². The molecule has 0 saturated heterocycles. The molecule has 0 radical (unpaired) electrons. The van der Waals surface area contributed by atoms with E-state index in [4.69, 9.17) is 0 Å². The average Bonchev–Trinajstić information content (AvgIpc) is 3.21. The summed E-state index contributed by atoms with van der Waals surface area (Å²) in [6, 6.07) is 14.8. The highest BCUT2D eigenvalue weighted by Gasteiger charge is 2.14. The molecule has 0 aliphatic rings. The van der Waals surface area contributed by atoms with Gasteiger partial charge in [-0.3, -0.25) is 9.48 Å². The number of hydrogen-bond acceptors (Lipinski definition) is 4. The van der Waals surface area contributed by atoms with Gasteiger partial charge in [0.05, 0.1) is 11.4 Å². The first-order valence-electron chi connectivity index (χ1n) is 9.72. The van der Waals surface area contributed by atoms with Crippen LogP contribution in [-0.4, -0.2) is 30.7 Å². The quantitative estimate of drug-likeness (QED) is 0.550. The Morgan fingerprint density at radius 2 is 1.83 bits per heavy atom. The summed E-state index contributed by atoms with van der Waals surface area (Å²) in [5.74, 6) is -0.213. The summed E-state index contributed by atoms with van der Waals surface area (Å²) in [5.41, 5.74) is 4.00. The minimum atomic E-state index is -3.63. The van der Waals surface area contributed by atoms with Gasteiger partial charge in [0.15, 0.2) is 0 Å². The third kappa shape index (κ3) is 6.01. The van der Waals surface area contributed by atoms with Crippen molar-refractivity contribution in [1.82, 2.24) is 19.8 Å². The maximum atomic E-state index is 12.4. The van der Waals surface area contributed by atoms with Gasteiger partial charge >= 0.3 is 0 Å². The molecule has 7 nitrogen and oxygen atoms in total. The molecule has 1 aromatic heterocycles. The van der Waals surface area contributed by atoms with Gasteiger partial charge in [-0.1, -0.05) is 30.3 Å². The van der Waals surface area contributed by atoms with Crippen LogP contribution >= 0.6 is 0 Å². The standard InChI is InChI=1S/C22H26N4O3S/c1-17-7-8-21(13-18(17)2)30(28,29)25-11-9-22(27)23-15-19-5-3-6-20(14-19)16-26-12-4-10-24-26/h3-8,10,12-14,25H,9,11,15-16H2,1-2H3,(H,23,27). The van der Waals surface area contributed by atoms with E-state index in [9.17, 15) is 13.2 Å². The highest BCUT2D eigenvalue weighted by atomic mass is 32.2. The van der Waals surface area contributed by atoms with E-state index in [-0.39, 0.29) is 23.8 Å². The molecule has 0 unspecified atom stereocenters. The molecule has 2 aromatic carbocycles. The maximum absolute atomic E-state index is 12.4. The summed E-state index contributed by atoms with van der Waals surface area (Å²) in [7, 11) is -3.63. The number of benzene rings is 2. The first-order chi connectivity index (χ1) is 14.3. The summed E-state index contributed by atoms with van der Waals surface area (Å²) < 4.78 is 29.1. The molecule has 30 heavy (non-hydrogen) atoms. The van der Waals surface area contributed by atoms with Crippen molar-refractivity contribution >= 4 is 15.9 Å². The SMILES string of the molecule is Cc1ccc(S(=O)(=O)NCCC(=O)NCc2cccc(Cn3cccn3)c2)cc1C. The van der Waals surface area contributed by atoms with Gasteiger partial charge in [-0.2, -0.15) is 5.10 Å². The molecule has 0 fully saturated rings. The van der Waals surface area contributed by atoms with Crippen molar-refractivity contribution in [2.24, 2.45) is 0 Å². The second-order valence-electron chi connectivity index (χ2n) is 7.19. The third-order valence-corrected chi connectivity index (χ3v) is 6.28. The molecular weight excluding hydrogens is 400 g/mol. The first kappa shape index (κ1) is 21.7. The van der Waals surface area contributed by atoms with Gasteiger partial charge in [-0.25, -0.2) is 13.1 Å². The topological polar surface area (TPSA) is 93.1 Å². The number of carbonyl (C=O) groups excluding carboxylic acids is 1. The van der Waals surface area contributed by atoms with Gasteiger partial charge in [0.1, 0.15) is 0 Å². The van der Waals surface area contributed by atoms with E-state index in [2.05, 4.69) is 15.1 Å². The molecule has 3 rings (SSSR count). The lowest BCUT2D eigenvalue weighted by Gasteiger charge is -2.10. The van der Waals surface area contributed by atoms with Crippen molar-refractivity contribution in [3.8, 4) is 0 Å². The van der Waals surface area contributed by atoms with E-state index < -0.39 is 10.0 Å². The zero-order valence-electron chi connectivity index (χ0n) is 17.1. The Kier molecular flexibility index (Phi) is 7.02. The monoisotopic (exact) mass is 426 g/mol. The highest BCUT2D eigenvalue weighted by molar-refractivity contribution is 7.89. The van der Waals surface area contributed by atoms with E-state index in [1.54, 1.807) is 24.4 Å². The second-order valence-corrected chi connectivity index (χ2v) is 8.96. The molecule has 2 N–H and O–H groups in total. The molecular formula is C22H26N4O3S. The minimum absolute atomic E-state index is 0.0421. The Morgan fingerprint density at radius 3 is 2.57 bits per heavy atom. The summed E-state index contributed by atoms with van der Waals surface area (Å²) in [5, 5.41) is 7.02. The zero-order valence-corrected chi connectivity index (χ0v) is 17.9. The smallest absolute Gasteiger partial charge is 0.240 e. The van der Waals surface area contributed by atoms with Crippen molar-refractivity contribution in [2.75, 3.05) is 6.54 Å². The Morgan fingerprint density at radius 1 is 1.03 bits per heavy atom. The number of sulfonamides is 1. The van der Waals surface area contributed by atoms with Crippen LogP contribution in [0, 0.1) is 13.8 Å². The fraction of sp³-hybridized carbons (Fsp3) is 0.273. The fourth-order valence-electron chi connectivity index (χ4n) is 2.97. The number of nitrogens with one attached hydrogen (secondary N) is 2. The van der Waals surface area contributed by atoms with Gasteiger partial charge in [0.2, 0.25) is 15.9 Å². The Hall–Kier alpha value is -2.97. The third-order valence-electron chi connectivity index (χ3n) is 4.82. The highest BCUT2D eigenvalue weighted by Crippen LogP contribution is 2.14. The fourth-order valence-corrected chi connectivity index (χ4v) is 4.09. The van der Waals surface area contributed by atoms with Crippen molar-refractivity contribution in [3.63, 3.8) is 0 Å². The van der Waals surface area contributed by atoms with Crippen LogP contribution in [0.3, 0.4) is 0 Å². The van der Waals surface area contributed by atoms with Crippen LogP contribution in [0.5, 0.6) is 0 Å². The molecule has 0 aliphatic carbocycles. The summed E-state index contributed by atoms with van der Waals surface area (Å²) >= 11 is 0. The van der Waals surface area contributed by atoms with Gasteiger partial charge in [0.25, 0.3) is 0 Å². The number of aromatic nitrogens is 2. The van der Waals surface area contributed by atoms with Crippen LogP contribution in [-0.2, 0) is 27.9 Å². The number of hydrogen-bond donors (Lipinski definition) is 2. The number of carbonyl (C=O) groups is 1. The summed E-state index contributed by atoms with van der Waals surface area (Å²) in [4.78, 5) is 12.3. The van der Waals surface area contributed by atoms with Crippen molar-refractivity contribution in [1.29, 1.82) is 0 Å². The number of nitrogens with zero attached hydrogens (tertiary/aromatic N) is 2. The van der Waals surface area contributed by atoms with Gasteiger partial charge in [-0.15, -0.1) is 0 Å². The normalized spacial score (nSPS) is 11.4. The molecule has 1 amide bonds. The lowest BCUT2D eigenvalue weighted by molar-refractivity contribution is -0.121. The Labute approximate surface area is 177 Å². The van der Waals surface area contributed by atoms with Crippen LogP contribution in [0.25, 0.3) is 0 Å². The molecule has 0 bridgehead atoms. The molecule has 0 atom stereocenters. The van der Waals surface area contributed by atoms with E-state index in [1.807, 2.05) is 55.1 Å². The van der Waals surface area contributed by atoms with Crippen LogP contribution in [0.1, 0.15) is 28.7 Å². The van der Waals surface area contributed by atoms with Crippen LogP contribution in [0.4, 0.5) is 0 Å². The molecule has 0 aliphatic heterocycles. The van der Waals surface area contributed by atoms with Crippen molar-refractivity contribution < 1.29 is 13.2 Å². The minimum Gasteiger partial charge on any atom is -0.352 e. The molecule has 158 valence electrons. The number of rotatable bonds is 9. The lowest BCUT2D eigenvalue weighted by atomic mass is 10.1. The largest absolute Gasteiger partial charge is 0.352 e. The second kappa shape index (κ2) is 9.69. The predicted molar refractivity (Wildman–Crippen MR) is 115 cm³/mol. The average molecular weight is 427 g/mol. The van der Waals surface area contributed by atoms with E-state index in [0.717, 1.165) is 22.3 Å². The number of aryl methyl sites for hydroxylation is 2. The predicted octanol–water partition coefficient (Wildman–Crippen LogP) is 2.53. The van der Waals surface area contributed by atoms with Crippen molar-refractivity contribution in [2.45, 2.75) is 38.3 Å². The van der Waals surface area contributed by atoms with E-state index in [0.29, 0.717) is 13.1 Å². The van der Waals surface area contributed by atoms with Gasteiger partial charge < -0.3 is 5.32 Å². The molecule has 1 heterocycles. The van der Waals surface area contributed by atoms with Gasteiger partial charge in [-0.05, 0) is 54.3 Å². The molecule has 0 spiro atoms. The van der Waals surface area contributed by atoms with Gasteiger partial charge in [0, 0.05) is 31.9 Å². The van der Waals surface area contributed by atoms with E-state index in [1.165, 1.54) is 0 Å². The van der Waals surface area contributed by atoms with Crippen LogP contribution < -0.4 is 10.0 Å². The molecule has 0 saturated carbocycles. The Balaban J connectivity index is 1.46. The first-order valence-corrected chi connectivity index (χ1v) is 11.2. The molecule has 3 aromatic rings. The van der Waals surface area contributed by atoms with E-state index >= 15 is 0 Å². The molecule has 8 heteroatoms. The number of amides is 1. The lowest BCUT2D eigenvalue weighted by Crippen LogP contribution is -2.30. The Bertz CT molecular complexity index is 1110. The zero-order chi connectivity index (χ0) is 21.6. The van der Waals surface area contributed by atoms with Crippen LogP contribution in [0.15, 0.2) is 65.8 Å².